The number of hydrogen-bond donors (Lipinski definition) is 0. The molecule has 0 heterocycles. The van der Waals surface area contributed by atoms with E-state index in [1.54, 1.807) is 21.3 Å². The molecule has 4 heteroatoms. The van der Waals surface area contributed by atoms with Gasteiger partial charge in [-0.1, -0.05) is 5.57 Å². The van der Waals surface area contributed by atoms with Crippen molar-refractivity contribution in [2.24, 2.45) is 5.92 Å². The molecule has 0 saturated carbocycles. The Labute approximate surface area is 90.2 Å². The summed E-state index contributed by atoms with van der Waals surface area (Å²) in [6, 6.07) is 0. The molecule has 0 aliphatic heterocycles. The number of Topliss-reactive ketones (excluding diaryl/α,β-unsaturated/α-hetero) is 1. The Morgan fingerprint density at radius 3 is 2.40 bits per heavy atom. The van der Waals surface area contributed by atoms with Crippen molar-refractivity contribution in [3.05, 3.63) is 11.1 Å². The number of ketones is 1. The molecule has 1 atom stereocenters. The lowest BCUT2D eigenvalue weighted by atomic mass is 10.0. The molecular formula is C11H18O4. The van der Waals surface area contributed by atoms with E-state index in [0.717, 1.165) is 11.1 Å². The smallest absolute Gasteiger partial charge is 0.169 e. The predicted octanol–water partition coefficient (Wildman–Crippen LogP) is 1.16. The first-order valence-corrected chi connectivity index (χ1v) is 4.93. The van der Waals surface area contributed by atoms with Crippen LogP contribution in [-0.4, -0.2) is 40.0 Å². The van der Waals surface area contributed by atoms with Gasteiger partial charge in [0.2, 0.25) is 0 Å². The lowest BCUT2D eigenvalue weighted by molar-refractivity contribution is -0.152. The van der Waals surface area contributed by atoms with Gasteiger partial charge in [-0.3, -0.25) is 4.79 Å². The fraction of sp³-hybridized carbons (Fsp3) is 0.727. The molecule has 0 radical (unpaired) electrons. The molecule has 86 valence electrons. The van der Waals surface area contributed by atoms with Crippen LogP contribution in [0.15, 0.2) is 11.1 Å². The van der Waals surface area contributed by atoms with Crippen LogP contribution in [0.4, 0.5) is 0 Å². The number of hydrogen-bond acceptors (Lipinski definition) is 4. The van der Waals surface area contributed by atoms with Gasteiger partial charge in [-0.25, -0.2) is 0 Å². The summed E-state index contributed by atoms with van der Waals surface area (Å²) in [6.07, 6.45) is 0.242. The largest absolute Gasteiger partial charge is 0.380 e. The highest BCUT2D eigenvalue weighted by Gasteiger charge is 2.36. The van der Waals surface area contributed by atoms with Gasteiger partial charge in [0.15, 0.2) is 12.1 Å². The third-order valence-corrected chi connectivity index (χ3v) is 2.76. The Hall–Kier alpha value is -0.710. The van der Waals surface area contributed by atoms with Crippen LogP contribution in [0.5, 0.6) is 0 Å². The van der Waals surface area contributed by atoms with Crippen molar-refractivity contribution >= 4 is 5.78 Å². The van der Waals surface area contributed by atoms with Gasteiger partial charge < -0.3 is 14.2 Å². The number of methoxy groups -OCH3 is 3. The van der Waals surface area contributed by atoms with E-state index >= 15 is 0 Å². The van der Waals surface area contributed by atoms with E-state index in [4.69, 9.17) is 14.2 Å². The Morgan fingerprint density at radius 1 is 1.33 bits per heavy atom. The second-order valence-electron chi connectivity index (χ2n) is 3.71. The van der Waals surface area contributed by atoms with Gasteiger partial charge in [0.25, 0.3) is 0 Å². The van der Waals surface area contributed by atoms with Gasteiger partial charge in [-0.15, -0.1) is 0 Å². The molecule has 1 unspecified atom stereocenters. The Balaban J connectivity index is 2.74. The molecule has 1 rings (SSSR count). The van der Waals surface area contributed by atoms with E-state index in [1.807, 2.05) is 6.92 Å². The quantitative estimate of drug-likeness (QED) is 0.644. The monoisotopic (exact) mass is 214 g/mol. The van der Waals surface area contributed by atoms with E-state index in [2.05, 4.69) is 0 Å². The van der Waals surface area contributed by atoms with Crippen LogP contribution in [0.1, 0.15) is 13.3 Å². The molecule has 0 N–H and O–H groups in total. The summed E-state index contributed by atoms with van der Waals surface area (Å²) in [4.78, 5) is 12.0. The molecule has 15 heavy (non-hydrogen) atoms. The zero-order chi connectivity index (χ0) is 11.4. The van der Waals surface area contributed by atoms with Crippen molar-refractivity contribution in [3.8, 4) is 0 Å². The summed E-state index contributed by atoms with van der Waals surface area (Å²) < 4.78 is 15.2. The second-order valence-corrected chi connectivity index (χ2v) is 3.71. The van der Waals surface area contributed by atoms with E-state index in [0.29, 0.717) is 13.0 Å². The van der Waals surface area contributed by atoms with Crippen molar-refractivity contribution in [2.45, 2.75) is 19.6 Å². The maximum absolute atomic E-state index is 12.0. The third kappa shape index (κ3) is 2.45. The topological polar surface area (TPSA) is 44.8 Å². The van der Waals surface area contributed by atoms with Crippen LogP contribution >= 0.6 is 0 Å². The van der Waals surface area contributed by atoms with E-state index < -0.39 is 6.29 Å². The average Bonchev–Trinajstić information content (AvgIpc) is 2.49. The van der Waals surface area contributed by atoms with Crippen LogP contribution < -0.4 is 0 Å². The molecule has 0 saturated heterocycles. The fourth-order valence-electron chi connectivity index (χ4n) is 1.96. The Bertz CT molecular complexity index is 266. The van der Waals surface area contributed by atoms with E-state index in [9.17, 15) is 4.79 Å². The van der Waals surface area contributed by atoms with Crippen molar-refractivity contribution < 1.29 is 19.0 Å². The molecule has 4 nitrogen and oxygen atoms in total. The minimum absolute atomic E-state index is 0.0862. The maximum atomic E-state index is 12.0. The molecule has 0 aromatic rings. The molecule has 0 aromatic carbocycles. The van der Waals surface area contributed by atoms with Gasteiger partial charge in [0.05, 0.1) is 12.5 Å². The summed E-state index contributed by atoms with van der Waals surface area (Å²) in [6.45, 7) is 2.33. The highest BCUT2D eigenvalue weighted by molar-refractivity contribution is 6.01. The summed E-state index contributed by atoms with van der Waals surface area (Å²) >= 11 is 0. The molecule has 0 aromatic heterocycles. The highest BCUT2D eigenvalue weighted by Crippen LogP contribution is 2.31. The van der Waals surface area contributed by atoms with Crippen LogP contribution in [0.2, 0.25) is 0 Å². The van der Waals surface area contributed by atoms with Crippen molar-refractivity contribution in [1.82, 2.24) is 0 Å². The first kappa shape index (κ1) is 12.4. The van der Waals surface area contributed by atoms with Crippen molar-refractivity contribution in [2.75, 3.05) is 27.9 Å². The zero-order valence-corrected chi connectivity index (χ0v) is 9.70. The summed E-state index contributed by atoms with van der Waals surface area (Å²) in [7, 11) is 4.68. The first-order chi connectivity index (χ1) is 7.15. The highest BCUT2D eigenvalue weighted by atomic mass is 16.7. The zero-order valence-electron chi connectivity index (χ0n) is 9.70. The normalized spacial score (nSPS) is 21.9. The number of carbonyl (C=O) groups is 1. The van der Waals surface area contributed by atoms with Gasteiger partial charge in [0.1, 0.15) is 0 Å². The molecule has 0 fully saturated rings. The van der Waals surface area contributed by atoms with Crippen molar-refractivity contribution in [3.63, 3.8) is 0 Å². The first-order valence-electron chi connectivity index (χ1n) is 4.93. The third-order valence-electron chi connectivity index (χ3n) is 2.76. The lowest BCUT2D eigenvalue weighted by Crippen LogP contribution is -2.29. The predicted molar refractivity (Wildman–Crippen MR) is 55.5 cm³/mol. The standard InChI is InChI=1S/C11H18O4/c1-7-5-8(11(14-3)15-4)10(12)9(7)6-13-2/h8,11H,5-6H2,1-4H3. The maximum Gasteiger partial charge on any atom is 0.169 e. The van der Waals surface area contributed by atoms with Crippen LogP contribution in [0.3, 0.4) is 0 Å². The minimum atomic E-state index is -0.457. The van der Waals surface area contributed by atoms with E-state index in [1.165, 1.54) is 0 Å². The summed E-state index contributed by atoms with van der Waals surface area (Å²) in [5, 5.41) is 0. The van der Waals surface area contributed by atoms with E-state index in [-0.39, 0.29) is 11.7 Å². The minimum Gasteiger partial charge on any atom is -0.380 e. The van der Waals surface area contributed by atoms with Gasteiger partial charge >= 0.3 is 0 Å². The molecule has 0 bridgehead atoms. The van der Waals surface area contributed by atoms with Crippen LogP contribution in [0.25, 0.3) is 0 Å². The summed E-state index contributed by atoms with van der Waals surface area (Å²) in [5.41, 5.74) is 1.84. The van der Waals surface area contributed by atoms with Gasteiger partial charge in [-0.2, -0.15) is 0 Å². The lowest BCUT2D eigenvalue weighted by Gasteiger charge is -2.19. The average molecular weight is 214 g/mol. The fourth-order valence-corrected chi connectivity index (χ4v) is 1.96. The summed E-state index contributed by atoms with van der Waals surface area (Å²) in [5.74, 6) is -0.131. The second kappa shape index (κ2) is 5.39. The SMILES string of the molecule is COCC1=C(C)CC(C(OC)OC)C1=O. The molecular weight excluding hydrogens is 196 g/mol. The van der Waals surface area contributed by atoms with Crippen LogP contribution in [0, 0.1) is 5.92 Å². The number of ether oxygens (including phenoxy) is 3. The molecule has 1 aliphatic rings. The molecule has 0 amide bonds. The molecule has 0 spiro atoms. The number of allylic oxidation sites excluding steroid dienone is 1. The van der Waals surface area contributed by atoms with Gasteiger partial charge in [0, 0.05) is 26.9 Å². The molecule has 1 aliphatic carbocycles. The van der Waals surface area contributed by atoms with Crippen molar-refractivity contribution in [1.29, 1.82) is 0 Å². The Kier molecular flexibility index (Phi) is 4.45. The number of rotatable bonds is 5. The van der Waals surface area contributed by atoms with Crippen LogP contribution in [-0.2, 0) is 19.0 Å². The number of carbonyl (C=O) groups excluding carboxylic acids is 1. The van der Waals surface area contributed by atoms with Gasteiger partial charge in [-0.05, 0) is 13.3 Å². The Morgan fingerprint density at radius 2 is 1.93 bits per heavy atom.